The lowest BCUT2D eigenvalue weighted by Gasteiger charge is -2.23. The fraction of sp³-hybridized carbons (Fsp3) is 0.0667. The first kappa shape index (κ1) is 22.9. The first-order chi connectivity index (χ1) is 18.1. The number of rotatable bonds is 6. The molecule has 0 saturated carbocycles. The van der Waals surface area contributed by atoms with Crippen molar-refractivity contribution in [1.82, 2.24) is 14.2 Å². The summed E-state index contributed by atoms with van der Waals surface area (Å²) in [6.45, 7) is 0. The van der Waals surface area contributed by atoms with E-state index < -0.39 is 16.1 Å². The summed E-state index contributed by atoms with van der Waals surface area (Å²) in [6, 6.07) is 37.3. The van der Waals surface area contributed by atoms with E-state index in [1.807, 2.05) is 102 Å². The minimum atomic E-state index is -3.92. The van der Waals surface area contributed by atoms with Crippen molar-refractivity contribution in [1.29, 1.82) is 0 Å². The van der Waals surface area contributed by atoms with Gasteiger partial charge in [0.1, 0.15) is 0 Å². The summed E-state index contributed by atoms with van der Waals surface area (Å²) >= 11 is 0. The van der Waals surface area contributed by atoms with Gasteiger partial charge in [0, 0.05) is 23.7 Å². The standard InChI is InChI=1S/C30H24N4O2S/c35-37(36,26-19-11-4-12-20-26)34-29(21-28(31-34)23-13-5-1-6-14-23)27-22-33(25-17-9-3-10-18-25)32-30(27)24-15-7-2-8-16-24/h1-20,22,29H,21H2. The normalized spacial score (nSPS) is 15.5. The zero-order chi connectivity index (χ0) is 25.2. The Balaban J connectivity index is 1.53. The summed E-state index contributed by atoms with van der Waals surface area (Å²) in [5, 5.41) is 9.63. The van der Waals surface area contributed by atoms with E-state index in [9.17, 15) is 8.42 Å². The van der Waals surface area contributed by atoms with E-state index in [2.05, 4.69) is 0 Å². The molecule has 4 aromatic carbocycles. The van der Waals surface area contributed by atoms with Crippen molar-refractivity contribution >= 4 is 15.7 Å². The molecule has 1 aliphatic heterocycles. The molecule has 0 fully saturated rings. The molecule has 5 aromatic rings. The quantitative estimate of drug-likeness (QED) is 0.281. The van der Waals surface area contributed by atoms with Gasteiger partial charge in [-0.15, -0.1) is 0 Å². The predicted octanol–water partition coefficient (Wildman–Crippen LogP) is 6.08. The number of para-hydroxylation sites is 1. The van der Waals surface area contributed by atoms with E-state index >= 15 is 0 Å². The Morgan fingerprint density at radius 3 is 1.84 bits per heavy atom. The van der Waals surface area contributed by atoms with E-state index in [1.165, 1.54) is 4.41 Å². The molecular weight excluding hydrogens is 480 g/mol. The summed E-state index contributed by atoms with van der Waals surface area (Å²) in [4.78, 5) is 0.203. The topological polar surface area (TPSA) is 67.6 Å². The number of nitrogens with zero attached hydrogens (tertiary/aromatic N) is 4. The van der Waals surface area contributed by atoms with Gasteiger partial charge in [-0.25, -0.2) is 4.68 Å². The minimum absolute atomic E-state index is 0.203. The second kappa shape index (κ2) is 9.52. The minimum Gasteiger partial charge on any atom is -0.240 e. The maximum absolute atomic E-state index is 13.9. The number of sulfonamides is 1. The second-order valence-electron chi connectivity index (χ2n) is 8.80. The highest BCUT2D eigenvalue weighted by Crippen LogP contribution is 2.41. The van der Waals surface area contributed by atoms with Gasteiger partial charge in [-0.05, 0) is 29.8 Å². The third-order valence-corrected chi connectivity index (χ3v) is 8.13. The van der Waals surface area contributed by atoms with E-state index in [0.717, 1.165) is 33.8 Å². The molecule has 0 N–H and O–H groups in total. The third kappa shape index (κ3) is 4.34. The average Bonchev–Trinajstić information content (AvgIpc) is 3.61. The van der Waals surface area contributed by atoms with Crippen molar-refractivity contribution in [3.05, 3.63) is 139 Å². The Hall–Kier alpha value is -4.49. The Kier molecular flexibility index (Phi) is 5.90. The molecule has 0 saturated heterocycles. The molecule has 1 atom stereocenters. The molecule has 182 valence electrons. The molecule has 0 aliphatic carbocycles. The van der Waals surface area contributed by atoms with Gasteiger partial charge in [-0.1, -0.05) is 97.1 Å². The van der Waals surface area contributed by atoms with Crippen LogP contribution in [0.4, 0.5) is 0 Å². The van der Waals surface area contributed by atoms with Crippen LogP contribution in [0.2, 0.25) is 0 Å². The Bertz CT molecular complexity index is 1650. The lowest BCUT2D eigenvalue weighted by molar-refractivity contribution is 0.372. The number of hydrazone groups is 1. The van der Waals surface area contributed by atoms with Crippen molar-refractivity contribution in [2.24, 2.45) is 5.10 Å². The Labute approximate surface area is 216 Å². The summed E-state index contributed by atoms with van der Waals surface area (Å²) < 4.78 is 30.9. The number of hydrogen-bond acceptors (Lipinski definition) is 4. The van der Waals surface area contributed by atoms with E-state index in [0.29, 0.717) is 6.42 Å². The Morgan fingerprint density at radius 2 is 1.22 bits per heavy atom. The van der Waals surface area contributed by atoms with Crippen LogP contribution in [0, 0.1) is 0 Å². The molecule has 1 aromatic heterocycles. The van der Waals surface area contributed by atoms with Crippen LogP contribution in [0.5, 0.6) is 0 Å². The second-order valence-corrected chi connectivity index (χ2v) is 10.6. The third-order valence-electron chi connectivity index (χ3n) is 6.44. The zero-order valence-electron chi connectivity index (χ0n) is 19.9. The maximum Gasteiger partial charge on any atom is 0.279 e. The van der Waals surface area contributed by atoms with Crippen molar-refractivity contribution < 1.29 is 8.42 Å². The first-order valence-corrected chi connectivity index (χ1v) is 13.5. The van der Waals surface area contributed by atoms with Crippen molar-refractivity contribution in [2.45, 2.75) is 17.4 Å². The molecule has 0 amide bonds. The van der Waals surface area contributed by atoms with Crippen LogP contribution in [0.25, 0.3) is 16.9 Å². The van der Waals surface area contributed by atoms with Gasteiger partial charge in [0.15, 0.2) is 0 Å². The highest BCUT2D eigenvalue weighted by molar-refractivity contribution is 7.89. The first-order valence-electron chi connectivity index (χ1n) is 12.0. The maximum atomic E-state index is 13.9. The number of aromatic nitrogens is 2. The van der Waals surface area contributed by atoms with Gasteiger partial charge >= 0.3 is 0 Å². The fourth-order valence-electron chi connectivity index (χ4n) is 4.61. The summed E-state index contributed by atoms with van der Waals surface area (Å²) in [5.74, 6) is 0. The molecule has 2 heterocycles. The van der Waals surface area contributed by atoms with Crippen LogP contribution in [0.15, 0.2) is 138 Å². The summed E-state index contributed by atoms with van der Waals surface area (Å²) in [5.41, 5.74) is 4.95. The fourth-order valence-corrected chi connectivity index (χ4v) is 6.06. The summed E-state index contributed by atoms with van der Waals surface area (Å²) in [6.07, 6.45) is 2.36. The van der Waals surface area contributed by atoms with E-state index in [4.69, 9.17) is 10.2 Å². The van der Waals surface area contributed by atoms with Gasteiger partial charge in [0.05, 0.1) is 28.0 Å². The van der Waals surface area contributed by atoms with Crippen molar-refractivity contribution in [3.63, 3.8) is 0 Å². The molecule has 0 bridgehead atoms. The highest BCUT2D eigenvalue weighted by atomic mass is 32.2. The highest BCUT2D eigenvalue weighted by Gasteiger charge is 2.40. The van der Waals surface area contributed by atoms with Gasteiger partial charge in [-0.3, -0.25) is 0 Å². The molecule has 1 aliphatic rings. The smallest absolute Gasteiger partial charge is 0.240 e. The van der Waals surface area contributed by atoms with E-state index in [-0.39, 0.29) is 4.90 Å². The van der Waals surface area contributed by atoms with Crippen LogP contribution in [-0.4, -0.2) is 28.3 Å². The zero-order valence-corrected chi connectivity index (χ0v) is 20.7. The van der Waals surface area contributed by atoms with Crippen LogP contribution in [0.1, 0.15) is 23.6 Å². The predicted molar refractivity (Wildman–Crippen MR) is 145 cm³/mol. The molecule has 0 spiro atoms. The van der Waals surface area contributed by atoms with Crippen LogP contribution < -0.4 is 0 Å². The summed E-state index contributed by atoms with van der Waals surface area (Å²) in [7, 11) is -3.92. The molecular formula is C30H24N4O2S. The van der Waals surface area contributed by atoms with Crippen LogP contribution in [0.3, 0.4) is 0 Å². The monoisotopic (exact) mass is 504 g/mol. The lowest BCUT2D eigenvalue weighted by atomic mass is 9.97. The van der Waals surface area contributed by atoms with Gasteiger partial charge in [-0.2, -0.15) is 23.0 Å². The molecule has 37 heavy (non-hydrogen) atoms. The molecule has 7 heteroatoms. The van der Waals surface area contributed by atoms with Crippen LogP contribution in [-0.2, 0) is 10.0 Å². The van der Waals surface area contributed by atoms with Gasteiger partial charge in [0.2, 0.25) is 0 Å². The van der Waals surface area contributed by atoms with Crippen molar-refractivity contribution in [3.8, 4) is 16.9 Å². The Morgan fingerprint density at radius 1 is 0.676 bits per heavy atom. The van der Waals surface area contributed by atoms with Gasteiger partial charge < -0.3 is 0 Å². The van der Waals surface area contributed by atoms with Crippen molar-refractivity contribution in [2.75, 3.05) is 0 Å². The molecule has 6 nitrogen and oxygen atoms in total. The SMILES string of the molecule is O=S(=O)(c1ccccc1)N1N=C(c2ccccc2)CC1c1cn(-c2ccccc2)nc1-c1ccccc1. The average molecular weight is 505 g/mol. The van der Waals surface area contributed by atoms with E-state index in [1.54, 1.807) is 30.3 Å². The van der Waals surface area contributed by atoms with Crippen LogP contribution >= 0.6 is 0 Å². The molecule has 6 rings (SSSR count). The molecule has 0 radical (unpaired) electrons. The molecule has 1 unspecified atom stereocenters. The lowest BCUT2D eigenvalue weighted by Crippen LogP contribution is -2.27. The van der Waals surface area contributed by atoms with Gasteiger partial charge in [0.25, 0.3) is 10.0 Å². The number of benzene rings is 4. The largest absolute Gasteiger partial charge is 0.279 e. The number of hydrogen-bond donors (Lipinski definition) is 0.